The summed E-state index contributed by atoms with van der Waals surface area (Å²) in [5.41, 5.74) is 1.98. The van der Waals surface area contributed by atoms with Crippen molar-refractivity contribution in [2.75, 3.05) is 26.7 Å². The first-order chi connectivity index (χ1) is 10.7. The number of likely N-dealkylation sites (N-methyl/N-ethyl adjacent to an activating group) is 1. The van der Waals surface area contributed by atoms with Crippen molar-refractivity contribution < 1.29 is 4.79 Å². The number of nitrogens with zero attached hydrogens (tertiary/aromatic N) is 4. The van der Waals surface area contributed by atoms with Crippen LogP contribution in [0.1, 0.15) is 33.9 Å². The van der Waals surface area contributed by atoms with E-state index in [1.54, 1.807) is 0 Å². The number of aryl methyl sites for hydroxylation is 1. The summed E-state index contributed by atoms with van der Waals surface area (Å²) in [6.45, 7) is 4.48. The minimum Gasteiger partial charge on any atom is -0.328 e. The largest absolute Gasteiger partial charge is 0.328 e. The van der Waals surface area contributed by atoms with Gasteiger partial charge in [-0.25, -0.2) is 0 Å². The zero-order valence-corrected chi connectivity index (χ0v) is 13.7. The van der Waals surface area contributed by atoms with E-state index in [2.05, 4.69) is 33.7 Å². The molecule has 1 aromatic heterocycles. The van der Waals surface area contributed by atoms with E-state index < -0.39 is 0 Å². The fraction of sp³-hybridized carbons (Fsp3) is 0.438. The Labute approximate surface area is 134 Å². The van der Waals surface area contributed by atoms with Crippen LogP contribution in [0.25, 0.3) is 0 Å². The third-order valence-electron chi connectivity index (χ3n) is 4.11. The number of hydrogen-bond donors (Lipinski definition) is 0. The molecule has 1 unspecified atom stereocenters. The van der Waals surface area contributed by atoms with Gasteiger partial charge in [-0.2, -0.15) is 0 Å². The number of benzene rings is 1. The first-order valence-corrected chi connectivity index (χ1v) is 8.33. The molecule has 1 atom stereocenters. The molecule has 0 bridgehead atoms. The van der Waals surface area contributed by atoms with E-state index in [9.17, 15) is 4.79 Å². The maximum Gasteiger partial charge on any atom is 0.268 e. The average Bonchev–Trinajstić information content (AvgIpc) is 3.03. The number of carbonyl (C=O) groups excluding carboxylic acids is 1. The van der Waals surface area contributed by atoms with Crippen LogP contribution >= 0.6 is 11.5 Å². The van der Waals surface area contributed by atoms with Gasteiger partial charge in [-0.05, 0) is 30.6 Å². The lowest BCUT2D eigenvalue weighted by molar-refractivity contribution is 0.0501. The van der Waals surface area contributed by atoms with E-state index in [-0.39, 0.29) is 11.9 Å². The summed E-state index contributed by atoms with van der Waals surface area (Å²) in [5.74, 6) is 0.0637. The Morgan fingerprint density at radius 3 is 2.82 bits per heavy atom. The minimum absolute atomic E-state index is 0.0637. The molecule has 0 saturated carbocycles. The number of amides is 1. The highest BCUT2D eigenvalue weighted by Gasteiger charge is 2.32. The molecule has 5 nitrogen and oxygen atoms in total. The monoisotopic (exact) mass is 316 g/mol. The molecular weight excluding hydrogens is 296 g/mol. The molecule has 1 amide bonds. The first kappa shape index (κ1) is 15.1. The summed E-state index contributed by atoms with van der Waals surface area (Å²) in [6, 6.07) is 10.3. The van der Waals surface area contributed by atoms with Gasteiger partial charge in [0.25, 0.3) is 5.91 Å². The van der Waals surface area contributed by atoms with E-state index in [1.807, 2.05) is 30.0 Å². The number of carbonyl (C=O) groups is 1. The normalized spacial score (nSPS) is 19.4. The lowest BCUT2D eigenvalue weighted by Crippen LogP contribution is -2.49. The van der Waals surface area contributed by atoms with Gasteiger partial charge in [0.05, 0.1) is 11.7 Å². The van der Waals surface area contributed by atoms with Gasteiger partial charge in [-0.1, -0.05) is 41.7 Å². The summed E-state index contributed by atoms with van der Waals surface area (Å²) >= 11 is 1.21. The maximum absolute atomic E-state index is 13.0. The zero-order chi connectivity index (χ0) is 15.5. The Morgan fingerprint density at radius 2 is 2.09 bits per heavy atom. The van der Waals surface area contributed by atoms with E-state index in [4.69, 9.17) is 0 Å². The predicted molar refractivity (Wildman–Crippen MR) is 87.0 cm³/mol. The lowest BCUT2D eigenvalue weighted by Gasteiger charge is -2.40. The molecule has 22 heavy (non-hydrogen) atoms. The average molecular weight is 316 g/mol. The van der Waals surface area contributed by atoms with Crippen LogP contribution in [0.4, 0.5) is 0 Å². The quantitative estimate of drug-likeness (QED) is 0.871. The molecule has 1 aliphatic rings. The van der Waals surface area contributed by atoms with Gasteiger partial charge in [-0.3, -0.25) is 4.79 Å². The molecule has 3 rings (SSSR count). The van der Waals surface area contributed by atoms with Crippen LogP contribution in [0.5, 0.6) is 0 Å². The second-order valence-corrected chi connectivity index (χ2v) is 6.34. The minimum atomic E-state index is 0.0637. The number of aromatic nitrogens is 2. The van der Waals surface area contributed by atoms with Crippen LogP contribution in [0.3, 0.4) is 0 Å². The molecule has 116 valence electrons. The molecule has 0 spiro atoms. The molecule has 1 fully saturated rings. The van der Waals surface area contributed by atoms with Crippen molar-refractivity contribution in [3.05, 3.63) is 46.5 Å². The summed E-state index contributed by atoms with van der Waals surface area (Å²) < 4.78 is 3.96. The zero-order valence-electron chi connectivity index (χ0n) is 12.9. The van der Waals surface area contributed by atoms with Crippen LogP contribution < -0.4 is 0 Å². The Kier molecular flexibility index (Phi) is 4.49. The molecular formula is C16H20N4OS. The summed E-state index contributed by atoms with van der Waals surface area (Å²) in [7, 11) is 2.10. The fourth-order valence-corrected chi connectivity index (χ4v) is 3.56. The van der Waals surface area contributed by atoms with Gasteiger partial charge in [-0.15, -0.1) is 5.10 Å². The second kappa shape index (κ2) is 6.54. The third kappa shape index (κ3) is 2.89. The van der Waals surface area contributed by atoms with Crippen molar-refractivity contribution in [2.24, 2.45) is 0 Å². The van der Waals surface area contributed by atoms with Crippen LogP contribution in [-0.4, -0.2) is 52.0 Å². The van der Waals surface area contributed by atoms with Gasteiger partial charge in [0.1, 0.15) is 4.88 Å². The summed E-state index contributed by atoms with van der Waals surface area (Å²) in [6.07, 6.45) is 0.737. The first-order valence-electron chi connectivity index (χ1n) is 7.56. The van der Waals surface area contributed by atoms with Crippen LogP contribution in [0, 0.1) is 0 Å². The van der Waals surface area contributed by atoms with E-state index in [1.165, 1.54) is 17.1 Å². The van der Waals surface area contributed by atoms with Crippen molar-refractivity contribution in [3.63, 3.8) is 0 Å². The molecule has 2 aromatic rings. The lowest BCUT2D eigenvalue weighted by atomic mass is 10.0. The third-order valence-corrected chi connectivity index (χ3v) is 4.87. The van der Waals surface area contributed by atoms with Crippen LogP contribution in [0.2, 0.25) is 0 Å². The maximum atomic E-state index is 13.0. The van der Waals surface area contributed by atoms with Crippen molar-refractivity contribution in [3.8, 4) is 0 Å². The molecule has 0 aliphatic carbocycles. The highest BCUT2D eigenvalue weighted by molar-refractivity contribution is 7.08. The molecule has 1 saturated heterocycles. The predicted octanol–water partition coefficient (Wildman–Crippen LogP) is 2.23. The second-order valence-electron chi connectivity index (χ2n) is 5.59. The van der Waals surface area contributed by atoms with Gasteiger partial charge in [0, 0.05) is 19.6 Å². The molecule has 1 aromatic carbocycles. The van der Waals surface area contributed by atoms with Crippen LogP contribution in [-0.2, 0) is 6.42 Å². The fourth-order valence-electron chi connectivity index (χ4n) is 2.86. The SMILES string of the molecule is CCc1nnsc1C(=O)N1CCN(C)CC1c1ccccc1. The number of hydrogen-bond acceptors (Lipinski definition) is 5. The van der Waals surface area contributed by atoms with Gasteiger partial charge >= 0.3 is 0 Å². The van der Waals surface area contributed by atoms with Crippen LogP contribution in [0.15, 0.2) is 30.3 Å². The number of piperazine rings is 1. The summed E-state index contributed by atoms with van der Waals surface area (Å²) in [4.78, 5) is 17.9. The molecule has 6 heteroatoms. The Hall–Kier alpha value is -1.79. The van der Waals surface area contributed by atoms with E-state index >= 15 is 0 Å². The van der Waals surface area contributed by atoms with Gasteiger partial charge in [0.2, 0.25) is 0 Å². The van der Waals surface area contributed by atoms with Crippen molar-refractivity contribution in [1.29, 1.82) is 0 Å². The molecule has 2 heterocycles. The molecule has 0 N–H and O–H groups in total. The van der Waals surface area contributed by atoms with Gasteiger partial charge < -0.3 is 9.80 Å². The highest BCUT2D eigenvalue weighted by Crippen LogP contribution is 2.28. The Balaban J connectivity index is 1.91. The Bertz CT molecular complexity index is 643. The summed E-state index contributed by atoms with van der Waals surface area (Å²) in [5, 5.41) is 4.07. The van der Waals surface area contributed by atoms with Crippen molar-refractivity contribution in [1.82, 2.24) is 19.4 Å². The number of rotatable bonds is 3. The van der Waals surface area contributed by atoms with Gasteiger partial charge in [0.15, 0.2) is 0 Å². The topological polar surface area (TPSA) is 49.3 Å². The molecule has 1 aliphatic heterocycles. The van der Waals surface area contributed by atoms with E-state index in [0.717, 1.165) is 31.7 Å². The molecule has 0 radical (unpaired) electrons. The van der Waals surface area contributed by atoms with Crippen molar-refractivity contribution in [2.45, 2.75) is 19.4 Å². The van der Waals surface area contributed by atoms with Crippen molar-refractivity contribution >= 4 is 17.4 Å². The highest BCUT2D eigenvalue weighted by atomic mass is 32.1. The standard InChI is InChI=1S/C16H20N4OS/c1-3-13-15(22-18-17-13)16(21)20-10-9-19(2)11-14(20)12-7-5-4-6-8-12/h4-8,14H,3,9-11H2,1-2H3. The van der Waals surface area contributed by atoms with E-state index in [0.29, 0.717) is 4.88 Å². The Morgan fingerprint density at radius 1 is 1.32 bits per heavy atom. The smallest absolute Gasteiger partial charge is 0.268 e.